The van der Waals surface area contributed by atoms with Crippen LogP contribution in [-0.2, 0) is 33.3 Å². The molecular weight excluding hydrogens is 584 g/mol. The van der Waals surface area contributed by atoms with Gasteiger partial charge in [-0.05, 0) is 64.7 Å². The third-order valence-electron chi connectivity index (χ3n) is 7.71. The van der Waals surface area contributed by atoms with Crippen molar-refractivity contribution in [1.29, 1.82) is 0 Å². The zero-order valence-electron chi connectivity index (χ0n) is 25.6. The van der Waals surface area contributed by atoms with Crippen LogP contribution in [0.2, 0.25) is 0 Å². The second-order valence-electron chi connectivity index (χ2n) is 11.4. The van der Waals surface area contributed by atoms with Gasteiger partial charge in [0.05, 0.1) is 25.4 Å². The predicted molar refractivity (Wildman–Crippen MR) is 154 cm³/mol. The maximum Gasteiger partial charge on any atom is 0.220 e. The molecule has 2 heterocycles. The Labute approximate surface area is 258 Å². The number of unbranched alkanes of at least 4 members (excludes halogenated alkanes) is 3. The molecule has 0 bridgehead atoms. The van der Waals surface area contributed by atoms with E-state index >= 15 is 0 Å². The first-order valence-electron chi connectivity index (χ1n) is 15.6. The number of ether oxygens (including phenoxy) is 4. The molecule has 15 heteroatoms. The van der Waals surface area contributed by atoms with E-state index in [0.717, 1.165) is 0 Å². The van der Waals surface area contributed by atoms with Crippen LogP contribution in [-0.4, -0.2) is 136 Å². The average Bonchev–Trinajstić information content (AvgIpc) is 3.00. The Morgan fingerprint density at radius 3 is 2.07 bits per heavy atom. The van der Waals surface area contributed by atoms with Crippen LogP contribution in [0.25, 0.3) is 0 Å². The van der Waals surface area contributed by atoms with Gasteiger partial charge in [0.15, 0.2) is 18.4 Å². The van der Waals surface area contributed by atoms with Gasteiger partial charge in [-0.15, -0.1) is 0 Å². The molecule has 2 aliphatic rings. The third-order valence-corrected chi connectivity index (χ3v) is 7.71. The van der Waals surface area contributed by atoms with Crippen molar-refractivity contribution in [2.75, 3.05) is 33.0 Å². The van der Waals surface area contributed by atoms with Crippen molar-refractivity contribution in [2.45, 2.75) is 133 Å². The van der Waals surface area contributed by atoms with Gasteiger partial charge in [0.1, 0.15) is 30.5 Å². The van der Waals surface area contributed by atoms with Gasteiger partial charge in [-0.3, -0.25) is 14.4 Å². The van der Waals surface area contributed by atoms with Crippen LogP contribution in [0.1, 0.15) is 77.6 Å². The summed E-state index contributed by atoms with van der Waals surface area (Å²) in [6.45, 7) is 1.64. The zero-order valence-corrected chi connectivity index (χ0v) is 25.6. The first kappa shape index (κ1) is 38.4. The number of ketones is 1. The molecule has 8 unspecified atom stereocenters. The Morgan fingerprint density at radius 2 is 1.43 bits per heavy atom. The van der Waals surface area contributed by atoms with E-state index in [4.69, 9.17) is 18.9 Å². The number of rotatable bonds is 21. The molecule has 0 aromatic rings. The smallest absolute Gasteiger partial charge is 0.220 e. The van der Waals surface area contributed by atoms with E-state index in [-0.39, 0.29) is 43.3 Å². The van der Waals surface area contributed by atoms with E-state index in [0.29, 0.717) is 77.4 Å². The van der Waals surface area contributed by atoms with Crippen molar-refractivity contribution in [1.82, 2.24) is 10.6 Å². The third kappa shape index (κ3) is 13.7. The highest BCUT2D eigenvalue weighted by atomic mass is 16.7. The highest BCUT2D eigenvalue weighted by molar-refractivity contribution is 5.87. The van der Waals surface area contributed by atoms with E-state index in [1.807, 2.05) is 0 Å². The van der Waals surface area contributed by atoms with Crippen LogP contribution in [0.4, 0.5) is 0 Å². The van der Waals surface area contributed by atoms with E-state index in [2.05, 4.69) is 10.6 Å². The standard InChI is InChI=1S/C29H52N2O13/c1-18(34)20(31-24(37)10-4-7-15-42-29-27(40)26(39)25(38)22(17-33)44-29)8-2-5-13-30-23(36)9-3-6-14-41-28-21(35)12-11-19(16-32)43-28/h19-22,25-29,32-33,35,38-40H,2-17H2,1H3,(H,30,36)(H,31,37)/t19?,20-,21?,22?,25?,26?,27?,28?,29?/m0/s1. The molecule has 0 aromatic carbocycles. The fourth-order valence-electron chi connectivity index (χ4n) is 4.94. The molecule has 44 heavy (non-hydrogen) atoms. The summed E-state index contributed by atoms with van der Waals surface area (Å²) in [5, 5.41) is 63.5. The van der Waals surface area contributed by atoms with Crippen LogP contribution >= 0.6 is 0 Å². The van der Waals surface area contributed by atoms with Crippen LogP contribution < -0.4 is 10.6 Å². The summed E-state index contributed by atoms with van der Waals surface area (Å²) in [4.78, 5) is 36.4. The Balaban J connectivity index is 1.50. The molecule has 15 nitrogen and oxygen atoms in total. The van der Waals surface area contributed by atoms with Gasteiger partial charge >= 0.3 is 0 Å². The average molecular weight is 637 g/mol. The fraction of sp³-hybridized carbons (Fsp3) is 0.897. The number of aliphatic hydroxyl groups is 6. The van der Waals surface area contributed by atoms with Crippen LogP contribution in [0.3, 0.4) is 0 Å². The fourth-order valence-corrected chi connectivity index (χ4v) is 4.94. The Bertz CT molecular complexity index is 848. The van der Waals surface area contributed by atoms with Gasteiger partial charge in [0.2, 0.25) is 11.8 Å². The second-order valence-corrected chi connectivity index (χ2v) is 11.4. The molecule has 0 saturated carbocycles. The molecule has 0 aliphatic carbocycles. The maximum absolute atomic E-state index is 12.3. The Kier molecular flexibility index (Phi) is 18.4. The van der Waals surface area contributed by atoms with Crippen LogP contribution in [0.5, 0.6) is 0 Å². The minimum absolute atomic E-state index is 0.0914. The summed E-state index contributed by atoms with van der Waals surface area (Å²) in [6, 6.07) is -0.622. The molecule has 8 N–H and O–H groups in total. The van der Waals surface area contributed by atoms with Crippen molar-refractivity contribution >= 4 is 17.6 Å². The number of carbonyl (C=O) groups excluding carboxylic acids is 3. The molecule has 256 valence electrons. The predicted octanol–water partition coefficient (Wildman–Crippen LogP) is -1.62. The van der Waals surface area contributed by atoms with Gasteiger partial charge in [-0.2, -0.15) is 0 Å². The van der Waals surface area contributed by atoms with Crippen molar-refractivity contribution in [3.05, 3.63) is 0 Å². The summed E-state index contributed by atoms with van der Waals surface area (Å²) >= 11 is 0. The zero-order chi connectivity index (χ0) is 32.5. The molecule has 2 aliphatic heterocycles. The number of hydrogen-bond donors (Lipinski definition) is 8. The Morgan fingerprint density at radius 1 is 0.773 bits per heavy atom. The van der Waals surface area contributed by atoms with Gasteiger partial charge in [0.25, 0.3) is 0 Å². The minimum Gasteiger partial charge on any atom is -0.394 e. The topological polar surface area (TPSA) is 234 Å². The van der Waals surface area contributed by atoms with E-state index < -0.39 is 55.7 Å². The van der Waals surface area contributed by atoms with Crippen molar-refractivity contribution in [3.63, 3.8) is 0 Å². The summed E-state index contributed by atoms with van der Waals surface area (Å²) in [5.74, 6) is -0.534. The number of nitrogens with one attached hydrogen (secondary N) is 2. The lowest BCUT2D eigenvalue weighted by Gasteiger charge is -2.39. The van der Waals surface area contributed by atoms with Gasteiger partial charge in [-0.25, -0.2) is 0 Å². The van der Waals surface area contributed by atoms with Crippen molar-refractivity contribution in [3.8, 4) is 0 Å². The number of Topliss-reactive ketones (excluding diaryl/α,β-unsaturated/α-hetero) is 1. The lowest BCUT2D eigenvalue weighted by atomic mass is 9.99. The van der Waals surface area contributed by atoms with E-state index in [1.54, 1.807) is 0 Å². The van der Waals surface area contributed by atoms with E-state index in [9.17, 15) is 45.0 Å². The molecule has 2 saturated heterocycles. The molecule has 2 rings (SSSR count). The molecule has 0 aromatic heterocycles. The molecule has 2 amide bonds. The first-order valence-corrected chi connectivity index (χ1v) is 15.6. The quantitative estimate of drug-likeness (QED) is 0.0663. The van der Waals surface area contributed by atoms with Crippen molar-refractivity contribution in [2.24, 2.45) is 0 Å². The first-order chi connectivity index (χ1) is 21.1. The molecular formula is C29H52N2O13. The maximum atomic E-state index is 12.3. The lowest BCUT2D eigenvalue weighted by molar-refractivity contribution is -0.301. The summed E-state index contributed by atoms with van der Waals surface area (Å²) in [6.07, 6.45) is -3.15. The van der Waals surface area contributed by atoms with Gasteiger partial charge in [-0.1, -0.05) is 0 Å². The Hall–Kier alpha value is -1.79. The van der Waals surface area contributed by atoms with Crippen LogP contribution in [0, 0.1) is 0 Å². The number of aliphatic hydroxyl groups excluding tert-OH is 6. The number of carbonyl (C=O) groups is 3. The monoisotopic (exact) mass is 636 g/mol. The van der Waals surface area contributed by atoms with E-state index in [1.165, 1.54) is 6.92 Å². The lowest BCUT2D eigenvalue weighted by Crippen LogP contribution is -2.59. The highest BCUT2D eigenvalue weighted by Gasteiger charge is 2.43. The molecule has 0 radical (unpaired) electrons. The van der Waals surface area contributed by atoms with Crippen LogP contribution in [0.15, 0.2) is 0 Å². The highest BCUT2D eigenvalue weighted by Crippen LogP contribution is 2.22. The number of amides is 2. The SMILES string of the molecule is CC(=O)[C@H](CCCCNC(=O)CCCCOC1OC(CO)CCC1O)NC(=O)CCCCOC1OC(CO)C(O)C(O)C1O. The number of hydrogen-bond acceptors (Lipinski definition) is 13. The normalized spacial score (nSPS) is 29.6. The minimum atomic E-state index is -1.52. The van der Waals surface area contributed by atoms with Gasteiger partial charge < -0.3 is 60.2 Å². The molecule has 0 spiro atoms. The largest absolute Gasteiger partial charge is 0.394 e. The molecule has 9 atom stereocenters. The summed E-state index contributed by atoms with van der Waals surface area (Å²) in [5.41, 5.74) is 0. The molecule has 2 fully saturated rings. The second kappa shape index (κ2) is 21.1. The summed E-state index contributed by atoms with van der Waals surface area (Å²) < 4.78 is 21.7. The van der Waals surface area contributed by atoms with Gasteiger partial charge in [0, 0.05) is 32.6 Å². The summed E-state index contributed by atoms with van der Waals surface area (Å²) in [7, 11) is 0. The van der Waals surface area contributed by atoms with Crippen molar-refractivity contribution < 1.29 is 64.0 Å².